The summed E-state index contributed by atoms with van der Waals surface area (Å²) in [7, 11) is 0. The highest BCUT2D eigenvalue weighted by atomic mass is 127. The van der Waals surface area contributed by atoms with Crippen molar-refractivity contribution in [1.29, 1.82) is 0 Å². The summed E-state index contributed by atoms with van der Waals surface area (Å²) in [5.74, 6) is 0.782. The molecule has 106 valence electrons. The Bertz CT molecular complexity index is 653. The minimum Gasteiger partial charge on any atom is -0.378 e. The third-order valence-electron chi connectivity index (χ3n) is 3.12. The van der Waals surface area contributed by atoms with Gasteiger partial charge in [-0.1, -0.05) is 6.08 Å². The summed E-state index contributed by atoms with van der Waals surface area (Å²) in [4.78, 5) is 15.4. The van der Waals surface area contributed by atoms with Crippen LogP contribution in [0.2, 0.25) is 5.28 Å². The maximum Gasteiger partial charge on any atom is 0.226 e. The second kappa shape index (κ2) is 5.82. The number of rotatable bonds is 3. The van der Waals surface area contributed by atoms with Crippen molar-refractivity contribution in [2.75, 3.05) is 31.2 Å². The van der Waals surface area contributed by atoms with Gasteiger partial charge in [0.1, 0.15) is 0 Å². The number of morpholine rings is 1. The number of aromatic nitrogens is 4. The van der Waals surface area contributed by atoms with Gasteiger partial charge in [0.2, 0.25) is 5.28 Å². The third kappa shape index (κ3) is 2.49. The third-order valence-corrected chi connectivity index (χ3v) is 4.12. The average molecular weight is 406 g/mol. The number of allylic oxidation sites excluding steroid dienone is 1. The standard InChI is InChI=1S/C12H13ClIN5O/c1-2-3-19-10-8(15-12(19)14)9(16-11(13)17-10)18-4-6-20-7-5-18/h2H,1,3-7H2. The van der Waals surface area contributed by atoms with Crippen molar-refractivity contribution in [3.05, 3.63) is 21.8 Å². The van der Waals surface area contributed by atoms with Gasteiger partial charge in [-0.3, -0.25) is 4.57 Å². The molecule has 20 heavy (non-hydrogen) atoms. The van der Waals surface area contributed by atoms with Gasteiger partial charge in [0, 0.05) is 42.2 Å². The molecule has 0 radical (unpaired) electrons. The van der Waals surface area contributed by atoms with E-state index in [4.69, 9.17) is 16.3 Å². The SMILES string of the molecule is C=CCn1c(I)nc2c(N3CCOCC3)nc(Cl)nc21. The summed E-state index contributed by atoms with van der Waals surface area (Å²) in [5, 5.41) is 0.237. The van der Waals surface area contributed by atoms with Crippen LogP contribution < -0.4 is 4.90 Å². The second-order valence-electron chi connectivity index (χ2n) is 4.37. The first-order valence-corrected chi connectivity index (χ1v) is 7.69. The predicted octanol–water partition coefficient (Wildman–Crippen LogP) is 2.11. The van der Waals surface area contributed by atoms with Gasteiger partial charge in [-0.25, -0.2) is 4.98 Å². The molecule has 0 aromatic carbocycles. The first kappa shape index (κ1) is 14.0. The van der Waals surface area contributed by atoms with Crippen LogP contribution in [-0.2, 0) is 11.3 Å². The monoisotopic (exact) mass is 405 g/mol. The summed E-state index contributed by atoms with van der Waals surface area (Å²) in [6, 6.07) is 0. The minimum atomic E-state index is 0.237. The zero-order valence-electron chi connectivity index (χ0n) is 10.7. The summed E-state index contributed by atoms with van der Waals surface area (Å²) in [6.45, 7) is 7.35. The largest absolute Gasteiger partial charge is 0.378 e. The molecule has 3 heterocycles. The molecule has 0 amide bonds. The van der Waals surface area contributed by atoms with Gasteiger partial charge in [0.15, 0.2) is 20.8 Å². The molecule has 1 aliphatic heterocycles. The highest BCUT2D eigenvalue weighted by Crippen LogP contribution is 2.27. The topological polar surface area (TPSA) is 56.1 Å². The van der Waals surface area contributed by atoms with Gasteiger partial charge in [0.25, 0.3) is 0 Å². The molecule has 1 fully saturated rings. The Kier molecular flexibility index (Phi) is 4.08. The lowest BCUT2D eigenvalue weighted by molar-refractivity contribution is 0.122. The van der Waals surface area contributed by atoms with Crippen molar-refractivity contribution in [3.63, 3.8) is 0 Å². The minimum absolute atomic E-state index is 0.237. The Morgan fingerprint density at radius 2 is 2.05 bits per heavy atom. The van der Waals surface area contributed by atoms with Crippen molar-refractivity contribution in [1.82, 2.24) is 19.5 Å². The van der Waals surface area contributed by atoms with E-state index in [-0.39, 0.29) is 5.28 Å². The van der Waals surface area contributed by atoms with Crippen molar-refractivity contribution < 1.29 is 4.74 Å². The van der Waals surface area contributed by atoms with Crippen LogP contribution in [-0.4, -0.2) is 45.8 Å². The van der Waals surface area contributed by atoms with Crippen LogP contribution in [0.5, 0.6) is 0 Å². The van der Waals surface area contributed by atoms with Crippen LogP contribution in [0, 0.1) is 3.83 Å². The van der Waals surface area contributed by atoms with Crippen LogP contribution >= 0.6 is 34.2 Å². The second-order valence-corrected chi connectivity index (χ2v) is 5.67. The number of anilines is 1. The summed E-state index contributed by atoms with van der Waals surface area (Å²) in [5.41, 5.74) is 1.53. The molecular weight excluding hydrogens is 393 g/mol. The fourth-order valence-corrected chi connectivity index (χ4v) is 3.05. The smallest absolute Gasteiger partial charge is 0.226 e. The lowest BCUT2D eigenvalue weighted by Crippen LogP contribution is -2.37. The molecule has 0 spiro atoms. The van der Waals surface area contributed by atoms with E-state index in [9.17, 15) is 0 Å². The van der Waals surface area contributed by atoms with Gasteiger partial charge in [-0.15, -0.1) is 6.58 Å². The first-order chi connectivity index (χ1) is 9.70. The van der Waals surface area contributed by atoms with E-state index in [1.54, 1.807) is 0 Å². The summed E-state index contributed by atoms with van der Waals surface area (Å²) < 4.78 is 8.20. The molecule has 0 aliphatic carbocycles. The predicted molar refractivity (Wildman–Crippen MR) is 86.3 cm³/mol. The van der Waals surface area contributed by atoms with E-state index in [1.165, 1.54) is 0 Å². The molecule has 0 atom stereocenters. The van der Waals surface area contributed by atoms with Crippen molar-refractivity contribution in [2.45, 2.75) is 6.54 Å². The van der Waals surface area contributed by atoms with E-state index in [2.05, 4.69) is 49.0 Å². The molecule has 0 saturated carbocycles. The van der Waals surface area contributed by atoms with Gasteiger partial charge in [-0.2, -0.15) is 9.97 Å². The van der Waals surface area contributed by atoms with Crippen LogP contribution in [0.1, 0.15) is 0 Å². The van der Waals surface area contributed by atoms with E-state index in [0.29, 0.717) is 19.8 Å². The van der Waals surface area contributed by atoms with Gasteiger partial charge in [-0.05, 0) is 11.6 Å². The Labute approximate surface area is 134 Å². The lowest BCUT2D eigenvalue weighted by atomic mass is 10.3. The fraction of sp³-hybridized carbons (Fsp3) is 0.417. The number of imidazole rings is 1. The molecule has 0 bridgehead atoms. The van der Waals surface area contributed by atoms with Gasteiger partial charge >= 0.3 is 0 Å². The zero-order chi connectivity index (χ0) is 14.1. The molecule has 3 rings (SSSR count). The number of ether oxygens (including phenoxy) is 1. The lowest BCUT2D eigenvalue weighted by Gasteiger charge is -2.27. The summed E-state index contributed by atoms with van der Waals surface area (Å²) >= 11 is 8.26. The van der Waals surface area contributed by atoms with Crippen molar-refractivity contribution in [2.24, 2.45) is 0 Å². The zero-order valence-corrected chi connectivity index (χ0v) is 13.6. The quantitative estimate of drug-likeness (QED) is 0.339. The number of nitrogens with zero attached hydrogens (tertiary/aromatic N) is 5. The number of hydrogen-bond acceptors (Lipinski definition) is 5. The maximum absolute atomic E-state index is 6.07. The Balaban J connectivity index is 2.16. The van der Waals surface area contributed by atoms with Crippen molar-refractivity contribution in [3.8, 4) is 0 Å². The Morgan fingerprint density at radius 1 is 1.30 bits per heavy atom. The molecule has 0 N–H and O–H groups in total. The van der Waals surface area contributed by atoms with E-state index >= 15 is 0 Å². The average Bonchev–Trinajstić information content (AvgIpc) is 2.76. The Morgan fingerprint density at radius 3 is 2.75 bits per heavy atom. The van der Waals surface area contributed by atoms with Crippen LogP contribution in [0.15, 0.2) is 12.7 Å². The molecule has 6 nitrogen and oxygen atoms in total. The van der Waals surface area contributed by atoms with E-state index in [0.717, 1.165) is 33.9 Å². The van der Waals surface area contributed by atoms with Crippen LogP contribution in [0.25, 0.3) is 11.2 Å². The molecule has 2 aromatic heterocycles. The maximum atomic E-state index is 6.07. The van der Waals surface area contributed by atoms with Crippen molar-refractivity contribution >= 4 is 51.2 Å². The highest BCUT2D eigenvalue weighted by Gasteiger charge is 2.21. The number of fused-ring (bicyclic) bond motifs is 1. The number of hydrogen-bond donors (Lipinski definition) is 0. The normalized spacial score (nSPS) is 15.8. The molecule has 1 saturated heterocycles. The van der Waals surface area contributed by atoms with Gasteiger partial charge in [0.05, 0.1) is 13.2 Å². The van der Waals surface area contributed by atoms with E-state index < -0.39 is 0 Å². The fourth-order valence-electron chi connectivity index (χ4n) is 2.22. The van der Waals surface area contributed by atoms with E-state index in [1.807, 2.05) is 10.6 Å². The molecule has 2 aromatic rings. The summed E-state index contributed by atoms with van der Waals surface area (Å²) in [6.07, 6.45) is 1.81. The molecule has 1 aliphatic rings. The molecular formula is C12H13ClIN5O. The highest BCUT2D eigenvalue weighted by molar-refractivity contribution is 14.1. The Hall–Kier alpha value is -0.930. The first-order valence-electron chi connectivity index (χ1n) is 6.23. The van der Waals surface area contributed by atoms with Crippen LogP contribution in [0.4, 0.5) is 5.82 Å². The van der Waals surface area contributed by atoms with Gasteiger partial charge < -0.3 is 9.64 Å². The molecule has 0 unspecified atom stereocenters. The number of halogens is 2. The molecule has 8 heteroatoms. The van der Waals surface area contributed by atoms with Crippen LogP contribution in [0.3, 0.4) is 0 Å².